The van der Waals surface area contributed by atoms with Gasteiger partial charge >= 0.3 is 0 Å². The first-order valence-corrected chi connectivity index (χ1v) is 8.74. The Morgan fingerprint density at radius 3 is 2.52 bits per heavy atom. The summed E-state index contributed by atoms with van der Waals surface area (Å²) in [7, 11) is 0. The number of aryl methyl sites for hydroxylation is 3. The fourth-order valence-electron chi connectivity index (χ4n) is 3.31. The Labute approximate surface area is 138 Å². The molecule has 0 spiro atoms. The molecule has 0 unspecified atom stereocenters. The minimum absolute atomic E-state index is 0.114. The summed E-state index contributed by atoms with van der Waals surface area (Å²) in [5.74, 6) is 0.114. The molecule has 2 aromatic rings. The second kappa shape index (κ2) is 7.45. The van der Waals surface area contributed by atoms with E-state index in [1.165, 1.54) is 35.1 Å². The number of anilines is 1. The standard InChI is InChI=1S/C21H25NO/c1-2-16-10-12-17(13-11-16)14-15-21(23)22-20-9-5-7-18-6-3-4-8-19(18)20/h5,7,9-13H,2-4,6,8,14-15H2,1H3,(H,22,23). The molecule has 1 aliphatic rings. The van der Waals surface area contributed by atoms with Gasteiger partial charge in [-0.15, -0.1) is 0 Å². The second-order valence-corrected chi connectivity index (χ2v) is 6.37. The van der Waals surface area contributed by atoms with Gasteiger partial charge < -0.3 is 5.32 Å². The molecule has 0 aromatic heterocycles. The van der Waals surface area contributed by atoms with Crippen molar-refractivity contribution in [1.82, 2.24) is 0 Å². The van der Waals surface area contributed by atoms with Gasteiger partial charge in [0.2, 0.25) is 5.91 Å². The maximum Gasteiger partial charge on any atom is 0.224 e. The molecule has 3 rings (SSSR count). The SMILES string of the molecule is CCc1ccc(CCC(=O)Nc2cccc3c2CCCC3)cc1. The molecule has 120 valence electrons. The Morgan fingerprint density at radius 2 is 1.74 bits per heavy atom. The van der Waals surface area contributed by atoms with E-state index < -0.39 is 0 Å². The van der Waals surface area contributed by atoms with Crippen molar-refractivity contribution < 1.29 is 4.79 Å². The maximum atomic E-state index is 12.3. The number of carbonyl (C=O) groups is 1. The van der Waals surface area contributed by atoms with Crippen LogP contribution in [0.5, 0.6) is 0 Å². The van der Waals surface area contributed by atoms with Gasteiger partial charge in [0.15, 0.2) is 0 Å². The van der Waals surface area contributed by atoms with E-state index in [-0.39, 0.29) is 5.91 Å². The molecule has 2 aromatic carbocycles. The molecule has 1 amide bonds. The fraction of sp³-hybridized carbons (Fsp3) is 0.381. The zero-order valence-corrected chi connectivity index (χ0v) is 13.9. The lowest BCUT2D eigenvalue weighted by atomic mass is 9.90. The molecule has 0 radical (unpaired) electrons. The molecule has 2 heteroatoms. The van der Waals surface area contributed by atoms with Crippen molar-refractivity contribution in [3.8, 4) is 0 Å². The lowest BCUT2D eigenvalue weighted by molar-refractivity contribution is -0.116. The normalized spacial score (nSPS) is 13.4. The van der Waals surface area contributed by atoms with Crippen molar-refractivity contribution in [1.29, 1.82) is 0 Å². The predicted molar refractivity (Wildman–Crippen MR) is 95.9 cm³/mol. The number of hydrogen-bond donors (Lipinski definition) is 1. The van der Waals surface area contributed by atoms with E-state index in [0.29, 0.717) is 6.42 Å². The van der Waals surface area contributed by atoms with E-state index in [1.807, 2.05) is 6.07 Å². The summed E-state index contributed by atoms with van der Waals surface area (Å²) in [5.41, 5.74) is 6.35. The number of rotatable bonds is 5. The summed E-state index contributed by atoms with van der Waals surface area (Å²) in [6.45, 7) is 2.16. The molecule has 0 aliphatic heterocycles. The van der Waals surface area contributed by atoms with Crippen LogP contribution in [-0.2, 0) is 30.5 Å². The van der Waals surface area contributed by atoms with Crippen LogP contribution in [0, 0.1) is 0 Å². The van der Waals surface area contributed by atoms with Gasteiger partial charge in [0.25, 0.3) is 0 Å². The number of carbonyl (C=O) groups excluding carboxylic acids is 1. The quantitative estimate of drug-likeness (QED) is 0.852. The first kappa shape index (κ1) is 15.8. The maximum absolute atomic E-state index is 12.3. The summed E-state index contributed by atoms with van der Waals surface area (Å²) in [4.78, 5) is 12.3. The van der Waals surface area contributed by atoms with E-state index in [4.69, 9.17) is 0 Å². The monoisotopic (exact) mass is 307 g/mol. The summed E-state index contributed by atoms with van der Waals surface area (Å²) >= 11 is 0. The van der Waals surface area contributed by atoms with E-state index in [0.717, 1.165) is 31.4 Å². The van der Waals surface area contributed by atoms with Crippen molar-refractivity contribution >= 4 is 11.6 Å². The van der Waals surface area contributed by atoms with E-state index in [9.17, 15) is 4.79 Å². The Morgan fingerprint density at radius 1 is 1.00 bits per heavy atom. The average Bonchev–Trinajstić information content (AvgIpc) is 2.61. The average molecular weight is 307 g/mol. The first-order chi connectivity index (χ1) is 11.3. The van der Waals surface area contributed by atoms with Crippen LogP contribution in [-0.4, -0.2) is 5.91 Å². The highest BCUT2D eigenvalue weighted by Gasteiger charge is 2.14. The highest BCUT2D eigenvalue weighted by molar-refractivity contribution is 5.91. The highest BCUT2D eigenvalue weighted by Crippen LogP contribution is 2.27. The Balaban J connectivity index is 1.59. The van der Waals surface area contributed by atoms with Crippen LogP contribution >= 0.6 is 0 Å². The van der Waals surface area contributed by atoms with Crippen LogP contribution in [0.4, 0.5) is 5.69 Å². The smallest absolute Gasteiger partial charge is 0.224 e. The van der Waals surface area contributed by atoms with Crippen LogP contribution in [0.1, 0.15) is 48.4 Å². The van der Waals surface area contributed by atoms with Crippen LogP contribution in [0.25, 0.3) is 0 Å². The molecule has 1 aliphatic carbocycles. The van der Waals surface area contributed by atoms with Gasteiger partial charge in [-0.1, -0.05) is 43.3 Å². The molecular formula is C21H25NO. The summed E-state index contributed by atoms with van der Waals surface area (Å²) < 4.78 is 0. The topological polar surface area (TPSA) is 29.1 Å². The summed E-state index contributed by atoms with van der Waals surface area (Å²) in [6, 6.07) is 14.9. The van der Waals surface area contributed by atoms with Gasteiger partial charge in [0.05, 0.1) is 0 Å². The summed E-state index contributed by atoms with van der Waals surface area (Å²) in [5, 5.41) is 3.12. The molecule has 0 fully saturated rings. The molecule has 0 saturated heterocycles. The van der Waals surface area contributed by atoms with Gasteiger partial charge in [-0.25, -0.2) is 0 Å². The number of amides is 1. The van der Waals surface area contributed by atoms with E-state index >= 15 is 0 Å². The van der Waals surface area contributed by atoms with Gasteiger partial charge in [0, 0.05) is 12.1 Å². The van der Waals surface area contributed by atoms with Crippen molar-refractivity contribution in [2.45, 2.75) is 51.9 Å². The van der Waals surface area contributed by atoms with Crippen molar-refractivity contribution in [2.24, 2.45) is 0 Å². The van der Waals surface area contributed by atoms with Gasteiger partial charge in [0.1, 0.15) is 0 Å². The minimum atomic E-state index is 0.114. The molecule has 1 N–H and O–H groups in total. The molecule has 0 saturated carbocycles. The summed E-state index contributed by atoms with van der Waals surface area (Å²) in [6.07, 6.45) is 7.11. The Bertz CT molecular complexity index is 673. The van der Waals surface area contributed by atoms with Crippen LogP contribution in [0.15, 0.2) is 42.5 Å². The third kappa shape index (κ3) is 4.01. The number of fused-ring (bicyclic) bond motifs is 1. The molecule has 0 heterocycles. The molecule has 0 atom stereocenters. The minimum Gasteiger partial charge on any atom is -0.326 e. The molecule has 0 bridgehead atoms. The molecule has 23 heavy (non-hydrogen) atoms. The number of nitrogens with one attached hydrogen (secondary N) is 1. The van der Waals surface area contributed by atoms with Crippen LogP contribution in [0.2, 0.25) is 0 Å². The lowest BCUT2D eigenvalue weighted by Gasteiger charge is -2.19. The third-order valence-electron chi connectivity index (χ3n) is 4.74. The van der Waals surface area contributed by atoms with Gasteiger partial charge in [-0.05, 0) is 66.8 Å². The lowest BCUT2D eigenvalue weighted by Crippen LogP contribution is -2.15. The number of benzene rings is 2. The van der Waals surface area contributed by atoms with Crippen molar-refractivity contribution in [2.75, 3.05) is 5.32 Å². The highest BCUT2D eigenvalue weighted by atomic mass is 16.1. The van der Waals surface area contributed by atoms with Crippen molar-refractivity contribution in [3.05, 3.63) is 64.7 Å². The van der Waals surface area contributed by atoms with Gasteiger partial charge in [-0.3, -0.25) is 4.79 Å². The zero-order valence-electron chi connectivity index (χ0n) is 13.9. The predicted octanol–water partition coefficient (Wildman–Crippen LogP) is 4.70. The zero-order chi connectivity index (χ0) is 16.1. The second-order valence-electron chi connectivity index (χ2n) is 6.37. The Kier molecular flexibility index (Phi) is 5.12. The van der Waals surface area contributed by atoms with E-state index in [2.05, 4.69) is 48.6 Å². The third-order valence-corrected chi connectivity index (χ3v) is 4.74. The van der Waals surface area contributed by atoms with Crippen LogP contribution < -0.4 is 5.32 Å². The molecule has 2 nitrogen and oxygen atoms in total. The van der Waals surface area contributed by atoms with Gasteiger partial charge in [-0.2, -0.15) is 0 Å². The molecular weight excluding hydrogens is 282 g/mol. The Hall–Kier alpha value is -2.09. The van der Waals surface area contributed by atoms with Crippen molar-refractivity contribution in [3.63, 3.8) is 0 Å². The number of hydrogen-bond acceptors (Lipinski definition) is 1. The largest absolute Gasteiger partial charge is 0.326 e. The fourth-order valence-corrected chi connectivity index (χ4v) is 3.31. The van der Waals surface area contributed by atoms with Crippen LogP contribution in [0.3, 0.4) is 0 Å². The first-order valence-electron chi connectivity index (χ1n) is 8.74. The van der Waals surface area contributed by atoms with E-state index in [1.54, 1.807) is 0 Å².